The molecule has 3 heterocycles. The van der Waals surface area contributed by atoms with Crippen LogP contribution in [0.1, 0.15) is 30.5 Å². The minimum atomic E-state index is 0.0208. The normalized spacial score (nSPS) is 20.9. The third-order valence-electron chi connectivity index (χ3n) is 5.07. The Morgan fingerprint density at radius 2 is 2.05 bits per heavy atom. The van der Waals surface area contributed by atoms with E-state index in [-0.39, 0.29) is 5.41 Å². The van der Waals surface area contributed by atoms with Crippen molar-refractivity contribution in [2.24, 2.45) is 0 Å². The van der Waals surface area contributed by atoms with Gasteiger partial charge in [0.1, 0.15) is 5.82 Å². The molecule has 5 rings (SSSR count). The number of rotatable bonds is 2. The number of nitrogens with zero attached hydrogens (tertiary/aromatic N) is 2. The van der Waals surface area contributed by atoms with Crippen LogP contribution in [0.25, 0.3) is 0 Å². The smallest absolute Gasteiger partial charge is 0.231 e. The Bertz CT molecular complexity index is 712. The Labute approximate surface area is 128 Å². The molecule has 2 aliphatic heterocycles. The number of hydrogen-bond acceptors (Lipinski definition) is 5. The average Bonchev–Trinajstić information content (AvgIpc) is 3.11. The molecule has 1 saturated carbocycles. The zero-order chi connectivity index (χ0) is 14.6. The molecule has 1 fully saturated rings. The third-order valence-corrected chi connectivity index (χ3v) is 5.07. The second-order valence-electron chi connectivity index (χ2n) is 6.19. The molecule has 6 nitrogen and oxygen atoms in total. The van der Waals surface area contributed by atoms with Gasteiger partial charge in [0.15, 0.2) is 11.5 Å². The number of ether oxygens (including phenoxy) is 2. The van der Waals surface area contributed by atoms with E-state index in [2.05, 4.69) is 33.7 Å². The lowest BCUT2D eigenvalue weighted by atomic mass is 9.62. The summed E-state index contributed by atoms with van der Waals surface area (Å²) in [5, 5.41) is 4.86. The van der Waals surface area contributed by atoms with Gasteiger partial charge in [-0.15, -0.1) is 0 Å². The molecule has 1 aliphatic carbocycles. The molecule has 22 heavy (non-hydrogen) atoms. The van der Waals surface area contributed by atoms with Crippen molar-refractivity contribution >= 4 is 5.82 Å². The van der Waals surface area contributed by atoms with E-state index < -0.39 is 0 Å². The minimum absolute atomic E-state index is 0.0208. The summed E-state index contributed by atoms with van der Waals surface area (Å²) in [5.74, 6) is 2.74. The Kier molecular flexibility index (Phi) is 2.47. The van der Waals surface area contributed by atoms with E-state index in [1.54, 1.807) is 0 Å². The molecular weight excluding hydrogens is 280 g/mol. The predicted molar refractivity (Wildman–Crippen MR) is 81.0 cm³/mol. The molecule has 0 spiro atoms. The molecule has 2 N–H and O–H groups in total. The Morgan fingerprint density at radius 1 is 1.14 bits per heavy atom. The van der Waals surface area contributed by atoms with E-state index in [4.69, 9.17) is 14.6 Å². The van der Waals surface area contributed by atoms with Gasteiger partial charge in [-0.25, -0.2) is 10.1 Å². The fourth-order valence-electron chi connectivity index (χ4n) is 3.65. The maximum atomic E-state index is 5.55. The van der Waals surface area contributed by atoms with E-state index in [1.165, 1.54) is 12.0 Å². The van der Waals surface area contributed by atoms with Crippen LogP contribution in [0.4, 0.5) is 5.82 Å². The van der Waals surface area contributed by atoms with Gasteiger partial charge < -0.3 is 14.9 Å². The lowest BCUT2D eigenvalue weighted by Crippen LogP contribution is -2.36. The van der Waals surface area contributed by atoms with Crippen LogP contribution in [0.3, 0.4) is 0 Å². The van der Waals surface area contributed by atoms with Crippen molar-refractivity contribution in [2.75, 3.05) is 18.8 Å². The van der Waals surface area contributed by atoms with Crippen LogP contribution < -0.4 is 20.3 Å². The molecule has 6 heteroatoms. The van der Waals surface area contributed by atoms with Crippen LogP contribution in [-0.4, -0.2) is 23.1 Å². The number of benzene rings is 1. The maximum absolute atomic E-state index is 5.55. The van der Waals surface area contributed by atoms with Gasteiger partial charge in [0, 0.05) is 18.0 Å². The van der Waals surface area contributed by atoms with Gasteiger partial charge in [0.2, 0.25) is 6.79 Å². The number of aromatic nitrogens is 2. The number of hydrazine groups is 1. The zero-order valence-electron chi connectivity index (χ0n) is 12.3. The quantitative estimate of drug-likeness (QED) is 0.888. The van der Waals surface area contributed by atoms with Gasteiger partial charge in [0.25, 0.3) is 0 Å². The maximum Gasteiger partial charge on any atom is 0.231 e. The van der Waals surface area contributed by atoms with Crippen LogP contribution in [0.2, 0.25) is 0 Å². The van der Waals surface area contributed by atoms with Gasteiger partial charge in [-0.2, -0.15) is 5.10 Å². The summed E-state index contributed by atoms with van der Waals surface area (Å²) in [6, 6.07) is 8.49. The number of fused-ring (bicyclic) bond motifs is 2. The van der Waals surface area contributed by atoms with Crippen molar-refractivity contribution in [1.82, 2.24) is 15.2 Å². The molecule has 0 bridgehead atoms. The van der Waals surface area contributed by atoms with Gasteiger partial charge in [-0.3, -0.25) is 0 Å². The molecule has 0 unspecified atom stereocenters. The molecule has 0 amide bonds. The molecule has 114 valence electrons. The molecule has 1 aromatic carbocycles. The highest BCUT2D eigenvalue weighted by Crippen LogP contribution is 2.50. The van der Waals surface area contributed by atoms with Gasteiger partial charge in [-0.1, -0.05) is 12.5 Å². The molecule has 0 atom stereocenters. The SMILES string of the molecule is c1cc2c(cc1C1(c3cc4n(n3)CCNN4)CCC1)OCO2. The molecule has 2 aromatic rings. The van der Waals surface area contributed by atoms with Crippen LogP contribution in [0, 0.1) is 0 Å². The van der Waals surface area contributed by atoms with Gasteiger partial charge >= 0.3 is 0 Å². The third kappa shape index (κ3) is 1.61. The fraction of sp³-hybridized carbons (Fsp3) is 0.438. The second-order valence-corrected chi connectivity index (χ2v) is 6.19. The summed E-state index contributed by atoms with van der Waals surface area (Å²) in [6.45, 7) is 2.12. The van der Waals surface area contributed by atoms with Crippen LogP contribution >= 0.6 is 0 Å². The highest BCUT2D eigenvalue weighted by Gasteiger charge is 2.43. The standard InChI is InChI=1S/C16H18N4O2/c1-4-16(5-1,11-2-3-12-13(8-11)22-10-21-12)14-9-15-18-17-6-7-20(15)19-14/h2-3,8-9,17-18H,1,4-7,10H2. The van der Waals surface area contributed by atoms with Crippen molar-refractivity contribution in [2.45, 2.75) is 31.2 Å². The van der Waals surface area contributed by atoms with Crippen molar-refractivity contribution in [3.63, 3.8) is 0 Å². The fourth-order valence-corrected chi connectivity index (χ4v) is 3.65. The summed E-state index contributed by atoms with van der Waals surface area (Å²) < 4.78 is 13.0. The number of nitrogens with one attached hydrogen (secondary N) is 2. The van der Waals surface area contributed by atoms with Crippen molar-refractivity contribution in [3.05, 3.63) is 35.5 Å². The van der Waals surface area contributed by atoms with E-state index in [0.717, 1.165) is 48.9 Å². The van der Waals surface area contributed by atoms with Gasteiger partial charge in [-0.05, 0) is 30.5 Å². The van der Waals surface area contributed by atoms with E-state index in [1.807, 2.05) is 6.07 Å². The van der Waals surface area contributed by atoms with Crippen LogP contribution in [0.5, 0.6) is 11.5 Å². The first-order valence-electron chi connectivity index (χ1n) is 7.83. The lowest BCUT2D eigenvalue weighted by molar-refractivity contribution is 0.173. The van der Waals surface area contributed by atoms with E-state index in [9.17, 15) is 0 Å². The molecule has 0 saturated heterocycles. The first kappa shape index (κ1) is 12.3. The van der Waals surface area contributed by atoms with E-state index >= 15 is 0 Å². The Morgan fingerprint density at radius 3 is 2.86 bits per heavy atom. The molecule has 0 radical (unpaired) electrons. The van der Waals surface area contributed by atoms with Crippen molar-refractivity contribution in [3.8, 4) is 11.5 Å². The Balaban J connectivity index is 1.59. The molecule has 1 aromatic heterocycles. The summed E-state index contributed by atoms with van der Waals surface area (Å²) in [7, 11) is 0. The van der Waals surface area contributed by atoms with Crippen LogP contribution in [0.15, 0.2) is 24.3 Å². The number of anilines is 1. The topological polar surface area (TPSA) is 60.3 Å². The highest BCUT2D eigenvalue weighted by molar-refractivity contribution is 5.51. The summed E-state index contributed by atoms with van der Waals surface area (Å²) in [6.07, 6.45) is 3.51. The lowest BCUT2D eigenvalue weighted by Gasteiger charge is -2.41. The summed E-state index contributed by atoms with van der Waals surface area (Å²) >= 11 is 0. The van der Waals surface area contributed by atoms with Gasteiger partial charge in [0.05, 0.1) is 12.2 Å². The number of hydrogen-bond donors (Lipinski definition) is 2. The summed E-state index contributed by atoms with van der Waals surface area (Å²) in [5.41, 5.74) is 8.83. The highest BCUT2D eigenvalue weighted by atomic mass is 16.7. The minimum Gasteiger partial charge on any atom is -0.454 e. The average molecular weight is 298 g/mol. The molecule has 3 aliphatic rings. The zero-order valence-corrected chi connectivity index (χ0v) is 12.3. The largest absolute Gasteiger partial charge is 0.454 e. The molecular formula is C16H18N4O2. The Hall–Kier alpha value is -2.21. The monoisotopic (exact) mass is 298 g/mol. The van der Waals surface area contributed by atoms with Crippen molar-refractivity contribution < 1.29 is 9.47 Å². The first-order valence-corrected chi connectivity index (χ1v) is 7.83. The van der Waals surface area contributed by atoms with Crippen molar-refractivity contribution in [1.29, 1.82) is 0 Å². The first-order chi connectivity index (χ1) is 10.9. The van der Waals surface area contributed by atoms with Crippen LogP contribution in [-0.2, 0) is 12.0 Å². The second kappa shape index (κ2) is 4.39. The van der Waals surface area contributed by atoms with E-state index in [0.29, 0.717) is 6.79 Å². The predicted octanol–water partition coefficient (Wildman–Crippen LogP) is 2.01. The summed E-state index contributed by atoms with van der Waals surface area (Å²) in [4.78, 5) is 0.